The van der Waals surface area contributed by atoms with Gasteiger partial charge in [0.05, 0.1) is 22.1 Å². The van der Waals surface area contributed by atoms with Gasteiger partial charge >= 0.3 is 0 Å². The van der Waals surface area contributed by atoms with Crippen LogP contribution in [0.1, 0.15) is 27.7 Å². The Labute approximate surface area is 169 Å². The van der Waals surface area contributed by atoms with Crippen LogP contribution in [-0.4, -0.2) is 41.9 Å². The topological polar surface area (TPSA) is 49.3 Å². The van der Waals surface area contributed by atoms with E-state index in [0.29, 0.717) is 0 Å². The Hall–Kier alpha value is -2.73. The van der Waals surface area contributed by atoms with Crippen LogP contribution in [0.25, 0.3) is 10.6 Å². The number of ketones is 1. The van der Waals surface area contributed by atoms with Crippen LogP contribution < -0.4 is 9.80 Å². The summed E-state index contributed by atoms with van der Waals surface area (Å²) in [6, 6.07) is 10.3. The van der Waals surface area contributed by atoms with Gasteiger partial charge in [0.25, 0.3) is 0 Å². The lowest BCUT2D eigenvalue weighted by Gasteiger charge is -2.37. The average Bonchev–Trinajstić information content (AvgIpc) is 3.21. The van der Waals surface area contributed by atoms with E-state index in [4.69, 9.17) is 4.98 Å². The van der Waals surface area contributed by atoms with Crippen LogP contribution in [-0.2, 0) is 0 Å². The third-order valence-corrected chi connectivity index (χ3v) is 6.56. The fraction of sp³-hybridized carbons (Fsp3) is 0.318. The number of piperazine rings is 1. The number of hydrogen-bond acceptors (Lipinski definition) is 6. The van der Waals surface area contributed by atoms with Crippen molar-refractivity contribution in [1.82, 2.24) is 9.97 Å². The highest BCUT2D eigenvalue weighted by Crippen LogP contribution is 2.29. The molecule has 5 nitrogen and oxygen atoms in total. The number of Topliss-reactive ketones (excluding diaryl/α,β-unsaturated/α-hetero) is 1. The first-order chi connectivity index (χ1) is 13.5. The number of benzene rings is 1. The Morgan fingerprint density at radius 2 is 1.75 bits per heavy atom. The molecule has 0 saturated carbocycles. The van der Waals surface area contributed by atoms with E-state index in [1.165, 1.54) is 28.2 Å². The SMILES string of the molecule is CC(=O)c1ccc(-c2cncc(N3CCN(c4cccc(C)c4C)CC3)n2)s1. The Balaban J connectivity index is 1.49. The van der Waals surface area contributed by atoms with Gasteiger partial charge in [0.1, 0.15) is 11.5 Å². The lowest BCUT2D eigenvalue weighted by Crippen LogP contribution is -2.47. The molecule has 0 unspecified atom stereocenters. The summed E-state index contributed by atoms with van der Waals surface area (Å²) in [4.78, 5) is 27.2. The first-order valence-corrected chi connectivity index (χ1v) is 10.3. The van der Waals surface area contributed by atoms with Crippen LogP contribution in [0, 0.1) is 13.8 Å². The Morgan fingerprint density at radius 3 is 2.46 bits per heavy atom. The van der Waals surface area contributed by atoms with Crippen molar-refractivity contribution in [1.29, 1.82) is 0 Å². The quantitative estimate of drug-likeness (QED) is 0.618. The normalized spacial score (nSPS) is 14.4. The molecular formula is C22H24N4OS. The van der Waals surface area contributed by atoms with Crippen molar-refractivity contribution in [3.05, 3.63) is 58.7 Å². The minimum absolute atomic E-state index is 0.0860. The van der Waals surface area contributed by atoms with Crippen molar-refractivity contribution >= 4 is 28.6 Å². The molecule has 1 fully saturated rings. The molecule has 0 bridgehead atoms. The second-order valence-electron chi connectivity index (χ2n) is 7.18. The summed E-state index contributed by atoms with van der Waals surface area (Å²) < 4.78 is 0. The first kappa shape index (κ1) is 18.6. The highest BCUT2D eigenvalue weighted by atomic mass is 32.1. The van der Waals surface area contributed by atoms with Crippen LogP contribution in [0.3, 0.4) is 0 Å². The highest BCUT2D eigenvalue weighted by Gasteiger charge is 2.20. The molecule has 0 N–H and O–H groups in total. The number of hydrogen-bond donors (Lipinski definition) is 0. The third kappa shape index (κ3) is 3.64. The number of thiophene rings is 1. The fourth-order valence-electron chi connectivity index (χ4n) is 3.55. The number of anilines is 2. The van der Waals surface area contributed by atoms with Gasteiger partial charge in [-0.1, -0.05) is 12.1 Å². The standard InChI is InChI=1S/C22H24N4OS/c1-15-5-4-6-19(16(15)2)25-9-11-26(12-10-25)22-14-23-13-18(24-22)21-8-7-20(28-21)17(3)27/h4-8,13-14H,9-12H2,1-3H3. The van der Waals surface area contributed by atoms with Gasteiger partial charge in [0, 0.05) is 31.9 Å². The van der Waals surface area contributed by atoms with E-state index in [-0.39, 0.29) is 5.78 Å². The van der Waals surface area contributed by atoms with Gasteiger partial charge in [-0.05, 0) is 50.1 Å². The molecule has 1 aromatic carbocycles. The molecule has 0 amide bonds. The number of rotatable bonds is 4. The summed E-state index contributed by atoms with van der Waals surface area (Å²) in [7, 11) is 0. The van der Waals surface area contributed by atoms with E-state index in [0.717, 1.165) is 47.4 Å². The Morgan fingerprint density at radius 1 is 1.00 bits per heavy atom. The number of aromatic nitrogens is 2. The van der Waals surface area contributed by atoms with Gasteiger partial charge in [0.2, 0.25) is 0 Å². The molecule has 3 aromatic rings. The number of aryl methyl sites for hydroxylation is 1. The van der Waals surface area contributed by atoms with Crippen molar-refractivity contribution < 1.29 is 4.79 Å². The fourth-order valence-corrected chi connectivity index (χ4v) is 4.40. The lowest BCUT2D eigenvalue weighted by atomic mass is 10.1. The van der Waals surface area contributed by atoms with E-state index in [9.17, 15) is 4.79 Å². The maximum atomic E-state index is 11.6. The summed E-state index contributed by atoms with van der Waals surface area (Å²) in [5.41, 5.74) is 4.85. The Bertz CT molecular complexity index is 1010. The zero-order chi connectivity index (χ0) is 19.7. The molecular weight excluding hydrogens is 368 g/mol. The summed E-state index contributed by atoms with van der Waals surface area (Å²) in [5, 5.41) is 0. The second kappa shape index (κ2) is 7.72. The number of nitrogens with zero attached hydrogens (tertiary/aromatic N) is 4. The monoisotopic (exact) mass is 392 g/mol. The lowest BCUT2D eigenvalue weighted by molar-refractivity contribution is 0.102. The van der Waals surface area contributed by atoms with E-state index in [2.05, 4.69) is 46.8 Å². The highest BCUT2D eigenvalue weighted by molar-refractivity contribution is 7.17. The zero-order valence-electron chi connectivity index (χ0n) is 16.5. The maximum Gasteiger partial charge on any atom is 0.169 e. The summed E-state index contributed by atoms with van der Waals surface area (Å²) >= 11 is 1.47. The van der Waals surface area contributed by atoms with Crippen LogP contribution in [0.4, 0.5) is 11.5 Å². The van der Waals surface area contributed by atoms with Gasteiger partial charge < -0.3 is 9.80 Å². The number of carbonyl (C=O) groups excluding carboxylic acids is 1. The summed E-state index contributed by atoms with van der Waals surface area (Å²) in [6.45, 7) is 9.70. The summed E-state index contributed by atoms with van der Waals surface area (Å²) in [6.07, 6.45) is 3.60. The van der Waals surface area contributed by atoms with Crippen molar-refractivity contribution in [2.75, 3.05) is 36.0 Å². The minimum atomic E-state index is 0.0860. The van der Waals surface area contributed by atoms with Gasteiger partial charge in [0.15, 0.2) is 5.78 Å². The molecule has 0 spiro atoms. The second-order valence-corrected chi connectivity index (χ2v) is 8.26. The van der Waals surface area contributed by atoms with Crippen LogP contribution in [0.15, 0.2) is 42.7 Å². The molecule has 0 aliphatic carbocycles. The molecule has 0 atom stereocenters. The predicted molar refractivity (Wildman–Crippen MR) is 116 cm³/mol. The maximum absolute atomic E-state index is 11.6. The summed E-state index contributed by atoms with van der Waals surface area (Å²) in [5.74, 6) is 0.985. The smallest absolute Gasteiger partial charge is 0.169 e. The molecule has 1 aliphatic rings. The van der Waals surface area contributed by atoms with Gasteiger partial charge in [-0.2, -0.15) is 0 Å². The van der Waals surface area contributed by atoms with Crippen LogP contribution >= 0.6 is 11.3 Å². The van der Waals surface area contributed by atoms with Crippen molar-refractivity contribution in [3.8, 4) is 10.6 Å². The van der Waals surface area contributed by atoms with Crippen molar-refractivity contribution in [2.24, 2.45) is 0 Å². The largest absolute Gasteiger partial charge is 0.368 e. The third-order valence-electron chi connectivity index (χ3n) is 5.35. The molecule has 0 radical (unpaired) electrons. The zero-order valence-corrected chi connectivity index (χ0v) is 17.3. The molecule has 1 aliphatic heterocycles. The predicted octanol–water partition coefficient (Wildman–Crippen LogP) is 4.35. The van der Waals surface area contributed by atoms with E-state index >= 15 is 0 Å². The van der Waals surface area contributed by atoms with Crippen molar-refractivity contribution in [2.45, 2.75) is 20.8 Å². The van der Waals surface area contributed by atoms with E-state index < -0.39 is 0 Å². The van der Waals surface area contributed by atoms with E-state index in [1.54, 1.807) is 13.1 Å². The molecule has 6 heteroatoms. The van der Waals surface area contributed by atoms with E-state index in [1.807, 2.05) is 18.3 Å². The molecule has 2 aromatic heterocycles. The number of carbonyl (C=O) groups is 1. The van der Waals surface area contributed by atoms with Crippen LogP contribution in [0.2, 0.25) is 0 Å². The van der Waals surface area contributed by atoms with Crippen molar-refractivity contribution in [3.63, 3.8) is 0 Å². The Kier molecular flexibility index (Phi) is 5.13. The molecule has 28 heavy (non-hydrogen) atoms. The first-order valence-electron chi connectivity index (χ1n) is 9.52. The molecule has 3 heterocycles. The average molecular weight is 393 g/mol. The molecule has 144 valence electrons. The van der Waals surface area contributed by atoms with Crippen LogP contribution in [0.5, 0.6) is 0 Å². The molecule has 1 saturated heterocycles. The van der Waals surface area contributed by atoms with Gasteiger partial charge in [-0.15, -0.1) is 11.3 Å². The minimum Gasteiger partial charge on any atom is -0.368 e. The van der Waals surface area contributed by atoms with Gasteiger partial charge in [-0.3, -0.25) is 9.78 Å². The van der Waals surface area contributed by atoms with Gasteiger partial charge in [-0.25, -0.2) is 4.98 Å². The molecule has 4 rings (SSSR count).